The third-order valence-electron chi connectivity index (χ3n) is 6.98. The van der Waals surface area contributed by atoms with Crippen LogP contribution in [0, 0.1) is 5.92 Å². The molecule has 0 aliphatic heterocycles. The summed E-state index contributed by atoms with van der Waals surface area (Å²) in [5.74, 6) is -3.63. The van der Waals surface area contributed by atoms with Gasteiger partial charge in [0.15, 0.2) is 0 Å². The molecule has 226 valence electrons. The number of aliphatic carboxylic acids is 3. The van der Waals surface area contributed by atoms with Crippen LogP contribution in [0.2, 0.25) is 0 Å². The highest BCUT2D eigenvalue weighted by Gasteiger charge is 2.21. The minimum absolute atomic E-state index is 0.00528. The summed E-state index contributed by atoms with van der Waals surface area (Å²) in [4.78, 5) is 57.1. The van der Waals surface area contributed by atoms with Crippen molar-refractivity contribution in [3.63, 3.8) is 0 Å². The summed E-state index contributed by atoms with van der Waals surface area (Å²) in [5.41, 5.74) is 0. The summed E-state index contributed by atoms with van der Waals surface area (Å²) in [6, 6.07) is -1.10. The fraction of sp³-hybridized carbons (Fsp3) is 0.828. The number of amides is 2. The van der Waals surface area contributed by atoms with Gasteiger partial charge in [-0.05, 0) is 38.5 Å². The zero-order chi connectivity index (χ0) is 29.3. The van der Waals surface area contributed by atoms with Crippen molar-refractivity contribution in [2.45, 2.75) is 141 Å². The van der Waals surface area contributed by atoms with Crippen LogP contribution in [0.5, 0.6) is 0 Å². The van der Waals surface area contributed by atoms with E-state index < -0.39 is 23.9 Å². The van der Waals surface area contributed by atoms with Gasteiger partial charge in [-0.15, -0.1) is 0 Å². The van der Waals surface area contributed by atoms with Gasteiger partial charge in [-0.25, -0.2) is 4.79 Å². The van der Waals surface area contributed by atoms with Crippen LogP contribution in [0.3, 0.4) is 0 Å². The van der Waals surface area contributed by atoms with Crippen LogP contribution >= 0.6 is 0 Å². The van der Waals surface area contributed by atoms with E-state index in [1.807, 2.05) is 6.92 Å². The number of rotatable bonds is 27. The van der Waals surface area contributed by atoms with Crippen LogP contribution in [0.15, 0.2) is 0 Å². The van der Waals surface area contributed by atoms with Crippen molar-refractivity contribution < 1.29 is 39.3 Å². The first-order chi connectivity index (χ1) is 18.7. The zero-order valence-electron chi connectivity index (χ0n) is 23.9. The molecule has 2 atom stereocenters. The van der Waals surface area contributed by atoms with Gasteiger partial charge in [0.1, 0.15) is 6.04 Å². The monoisotopic (exact) mass is 556 g/mol. The average Bonchev–Trinajstić information content (AvgIpc) is 2.88. The molecule has 0 spiro atoms. The number of hydrogen-bond donors (Lipinski definition) is 5. The Kier molecular flexibility index (Phi) is 22.7. The lowest BCUT2D eigenvalue weighted by Gasteiger charge is -2.14. The molecule has 0 radical (unpaired) electrons. The van der Waals surface area contributed by atoms with E-state index in [0.717, 1.165) is 51.4 Å². The normalized spacial score (nSPS) is 12.4. The first kappa shape index (κ1) is 36.4. The zero-order valence-corrected chi connectivity index (χ0v) is 23.9. The molecular weight excluding hydrogens is 504 g/mol. The summed E-state index contributed by atoms with van der Waals surface area (Å²) in [5, 5.41) is 32.3. The highest BCUT2D eigenvalue weighted by molar-refractivity contribution is 5.84. The lowest BCUT2D eigenvalue weighted by atomic mass is 9.99. The third kappa shape index (κ3) is 23.0. The van der Waals surface area contributed by atoms with Crippen molar-refractivity contribution in [1.29, 1.82) is 0 Å². The molecule has 39 heavy (non-hydrogen) atoms. The molecule has 0 rings (SSSR count). The molecule has 2 amide bonds. The van der Waals surface area contributed by atoms with Gasteiger partial charge in [-0.2, -0.15) is 0 Å². The molecule has 0 unspecified atom stereocenters. The third-order valence-corrected chi connectivity index (χ3v) is 6.98. The molecule has 0 fully saturated rings. The summed E-state index contributed by atoms with van der Waals surface area (Å²) in [6.07, 6.45) is 15.6. The summed E-state index contributed by atoms with van der Waals surface area (Å²) >= 11 is 0. The molecule has 0 aromatic heterocycles. The molecule has 10 nitrogen and oxygen atoms in total. The van der Waals surface area contributed by atoms with Gasteiger partial charge in [0.2, 0.25) is 11.8 Å². The Balaban J connectivity index is 3.78. The Hall–Kier alpha value is -2.65. The van der Waals surface area contributed by atoms with E-state index in [-0.39, 0.29) is 43.4 Å². The van der Waals surface area contributed by atoms with Gasteiger partial charge < -0.3 is 26.0 Å². The molecule has 0 aliphatic carbocycles. The molecule has 0 saturated carbocycles. The standard InChI is InChI=1S/C29H52N2O8/c1-2-23(28(36)37)17-15-16-22-30-25(32)21-20-24(29(38)39)31-26(33)18-13-11-9-7-5-3-4-6-8-10-12-14-19-27(34)35/h23-24H,2-22H2,1H3,(H,30,32)(H,31,33)(H,34,35)(H,36,37)(H,38,39)/t23-,24-/m0/s1. The van der Waals surface area contributed by atoms with Gasteiger partial charge in [-0.1, -0.05) is 77.6 Å². The molecule has 0 aliphatic rings. The lowest BCUT2D eigenvalue weighted by molar-refractivity contribution is -0.142. The Morgan fingerprint density at radius 2 is 1.08 bits per heavy atom. The second-order valence-corrected chi connectivity index (χ2v) is 10.4. The van der Waals surface area contributed by atoms with E-state index >= 15 is 0 Å². The van der Waals surface area contributed by atoms with Crippen molar-refractivity contribution in [3.05, 3.63) is 0 Å². The molecule has 0 aromatic carbocycles. The van der Waals surface area contributed by atoms with Crippen LogP contribution in [0.1, 0.15) is 135 Å². The van der Waals surface area contributed by atoms with E-state index in [1.165, 1.54) is 19.3 Å². The Labute approximate surface area is 233 Å². The van der Waals surface area contributed by atoms with Gasteiger partial charge >= 0.3 is 17.9 Å². The number of carboxylic acids is 3. The summed E-state index contributed by atoms with van der Waals surface area (Å²) in [7, 11) is 0. The van der Waals surface area contributed by atoms with Crippen LogP contribution in [0.25, 0.3) is 0 Å². The van der Waals surface area contributed by atoms with Crippen molar-refractivity contribution >= 4 is 29.7 Å². The highest BCUT2D eigenvalue weighted by atomic mass is 16.4. The number of carboxylic acid groups (broad SMARTS) is 3. The molecule has 5 N–H and O–H groups in total. The van der Waals surface area contributed by atoms with Crippen LogP contribution in [-0.4, -0.2) is 57.6 Å². The van der Waals surface area contributed by atoms with E-state index in [4.69, 9.17) is 10.2 Å². The predicted octanol–water partition coefficient (Wildman–Crippen LogP) is 5.28. The Bertz CT molecular complexity index is 713. The second kappa shape index (κ2) is 24.4. The first-order valence-corrected chi connectivity index (χ1v) is 14.9. The minimum atomic E-state index is -1.16. The quantitative estimate of drug-likeness (QED) is 0.0851. The Morgan fingerprint density at radius 1 is 0.564 bits per heavy atom. The number of nitrogens with one attached hydrogen (secondary N) is 2. The van der Waals surface area contributed by atoms with Crippen molar-refractivity contribution in [3.8, 4) is 0 Å². The summed E-state index contributed by atoms with van der Waals surface area (Å²) in [6.45, 7) is 2.25. The second-order valence-electron chi connectivity index (χ2n) is 10.4. The molecule has 0 aromatic rings. The van der Waals surface area contributed by atoms with Crippen molar-refractivity contribution in [2.24, 2.45) is 5.92 Å². The van der Waals surface area contributed by atoms with Crippen LogP contribution < -0.4 is 10.6 Å². The van der Waals surface area contributed by atoms with E-state index in [1.54, 1.807) is 0 Å². The molecule has 0 heterocycles. The SMILES string of the molecule is CC[C@@H](CCCCNC(=O)CC[C@H](NC(=O)CCCCCCCCCCCCCCC(=O)O)C(=O)O)C(=O)O. The average molecular weight is 557 g/mol. The van der Waals surface area contributed by atoms with E-state index in [9.17, 15) is 29.1 Å². The van der Waals surface area contributed by atoms with Gasteiger partial charge in [0, 0.05) is 25.8 Å². The molecule has 10 heteroatoms. The maximum atomic E-state index is 12.2. The van der Waals surface area contributed by atoms with Gasteiger partial charge in [0.25, 0.3) is 0 Å². The predicted molar refractivity (Wildman–Crippen MR) is 149 cm³/mol. The number of unbranched alkanes of at least 4 members (excludes halogenated alkanes) is 12. The van der Waals surface area contributed by atoms with Crippen LogP contribution in [0.4, 0.5) is 0 Å². The number of hydrogen-bond acceptors (Lipinski definition) is 5. The topological polar surface area (TPSA) is 170 Å². The number of carbonyl (C=O) groups is 5. The van der Waals surface area contributed by atoms with Crippen molar-refractivity contribution in [2.75, 3.05) is 6.54 Å². The largest absolute Gasteiger partial charge is 0.481 e. The Morgan fingerprint density at radius 3 is 1.54 bits per heavy atom. The minimum Gasteiger partial charge on any atom is -0.481 e. The fourth-order valence-corrected chi connectivity index (χ4v) is 4.46. The maximum absolute atomic E-state index is 12.2. The highest BCUT2D eigenvalue weighted by Crippen LogP contribution is 2.14. The first-order valence-electron chi connectivity index (χ1n) is 14.9. The molecule has 0 bridgehead atoms. The molecule has 0 saturated heterocycles. The summed E-state index contributed by atoms with van der Waals surface area (Å²) < 4.78 is 0. The number of carbonyl (C=O) groups excluding carboxylic acids is 2. The van der Waals surface area contributed by atoms with Gasteiger partial charge in [-0.3, -0.25) is 19.2 Å². The maximum Gasteiger partial charge on any atom is 0.326 e. The lowest BCUT2D eigenvalue weighted by Crippen LogP contribution is -2.41. The van der Waals surface area contributed by atoms with Crippen molar-refractivity contribution in [1.82, 2.24) is 10.6 Å². The van der Waals surface area contributed by atoms with E-state index in [0.29, 0.717) is 38.6 Å². The smallest absolute Gasteiger partial charge is 0.326 e. The fourth-order valence-electron chi connectivity index (χ4n) is 4.46. The molecular formula is C29H52N2O8. The van der Waals surface area contributed by atoms with Gasteiger partial charge in [0.05, 0.1) is 5.92 Å². The van der Waals surface area contributed by atoms with Crippen LogP contribution in [-0.2, 0) is 24.0 Å². The van der Waals surface area contributed by atoms with E-state index in [2.05, 4.69) is 10.6 Å².